The SMILES string of the molecule is CN(C(=O)COc1ccc(F)cc1Cl)c1nnc(C(F)(F)F)[nH]1. The summed E-state index contributed by atoms with van der Waals surface area (Å²) < 4.78 is 55.2. The standard InChI is InChI=1S/C12H9ClF4N4O2/c1-21(11-18-10(19-20-11)12(15,16)17)9(22)5-23-8-3-2-6(14)4-7(8)13/h2-4H,5H2,1H3,(H,18,19,20). The normalized spacial score (nSPS) is 11.4. The summed E-state index contributed by atoms with van der Waals surface area (Å²) >= 11 is 5.72. The molecule has 0 atom stereocenters. The Morgan fingerprint density at radius 3 is 2.65 bits per heavy atom. The Morgan fingerprint density at radius 1 is 1.39 bits per heavy atom. The van der Waals surface area contributed by atoms with E-state index in [1.807, 2.05) is 4.98 Å². The van der Waals surface area contributed by atoms with Gasteiger partial charge in [-0.3, -0.25) is 9.69 Å². The predicted octanol–water partition coefficient (Wildman–Crippen LogP) is 2.66. The third-order valence-corrected chi connectivity index (χ3v) is 2.98. The van der Waals surface area contributed by atoms with Crippen LogP contribution >= 0.6 is 11.6 Å². The topological polar surface area (TPSA) is 71.1 Å². The van der Waals surface area contributed by atoms with Crippen molar-refractivity contribution in [3.05, 3.63) is 34.9 Å². The third-order valence-electron chi connectivity index (χ3n) is 2.68. The van der Waals surface area contributed by atoms with E-state index in [-0.39, 0.29) is 10.8 Å². The summed E-state index contributed by atoms with van der Waals surface area (Å²) in [5.41, 5.74) is 0. The molecule has 23 heavy (non-hydrogen) atoms. The van der Waals surface area contributed by atoms with Crippen LogP contribution in [0.15, 0.2) is 18.2 Å². The van der Waals surface area contributed by atoms with Gasteiger partial charge in [0.1, 0.15) is 11.6 Å². The van der Waals surface area contributed by atoms with Crippen molar-refractivity contribution in [1.82, 2.24) is 15.2 Å². The van der Waals surface area contributed by atoms with Crippen molar-refractivity contribution in [2.24, 2.45) is 0 Å². The number of rotatable bonds is 4. The van der Waals surface area contributed by atoms with Crippen LogP contribution < -0.4 is 9.64 Å². The highest BCUT2D eigenvalue weighted by molar-refractivity contribution is 6.32. The fourth-order valence-corrected chi connectivity index (χ4v) is 1.70. The molecule has 0 saturated heterocycles. The molecule has 2 rings (SSSR count). The molecule has 0 radical (unpaired) electrons. The van der Waals surface area contributed by atoms with Gasteiger partial charge in [-0.05, 0) is 18.2 Å². The minimum Gasteiger partial charge on any atom is -0.482 e. The molecule has 6 nitrogen and oxygen atoms in total. The van der Waals surface area contributed by atoms with Crippen LogP contribution in [-0.4, -0.2) is 34.7 Å². The second-order valence-electron chi connectivity index (χ2n) is 4.31. The minimum absolute atomic E-state index is 0.0422. The molecule has 0 spiro atoms. The molecular formula is C12H9ClF4N4O2. The van der Waals surface area contributed by atoms with Crippen molar-refractivity contribution < 1.29 is 27.1 Å². The smallest absolute Gasteiger partial charge is 0.451 e. The van der Waals surface area contributed by atoms with E-state index in [4.69, 9.17) is 16.3 Å². The summed E-state index contributed by atoms with van der Waals surface area (Å²) in [6.45, 7) is -0.538. The quantitative estimate of drug-likeness (QED) is 0.859. The highest BCUT2D eigenvalue weighted by Gasteiger charge is 2.36. The Bertz CT molecular complexity index is 719. The summed E-state index contributed by atoms with van der Waals surface area (Å²) in [6, 6.07) is 3.31. The zero-order valence-electron chi connectivity index (χ0n) is 11.5. The van der Waals surface area contributed by atoms with E-state index in [2.05, 4.69) is 10.2 Å². The fraction of sp³-hybridized carbons (Fsp3) is 0.250. The summed E-state index contributed by atoms with van der Waals surface area (Å²) in [4.78, 5) is 14.6. The van der Waals surface area contributed by atoms with Gasteiger partial charge >= 0.3 is 6.18 Å². The number of nitrogens with zero attached hydrogens (tertiary/aromatic N) is 3. The van der Waals surface area contributed by atoms with Gasteiger partial charge in [-0.1, -0.05) is 11.6 Å². The van der Waals surface area contributed by atoms with Crippen LogP contribution in [0.5, 0.6) is 5.75 Å². The lowest BCUT2D eigenvalue weighted by Crippen LogP contribution is -2.32. The van der Waals surface area contributed by atoms with Crippen LogP contribution in [0.4, 0.5) is 23.5 Å². The summed E-state index contributed by atoms with van der Waals surface area (Å²) in [5, 5.41) is 6.10. The average molecular weight is 353 g/mol. The van der Waals surface area contributed by atoms with Crippen LogP contribution in [0.3, 0.4) is 0 Å². The number of carbonyl (C=O) groups excluding carboxylic acids is 1. The number of likely N-dealkylation sites (N-methyl/N-ethyl adjacent to an activating group) is 1. The first-order valence-electron chi connectivity index (χ1n) is 6.03. The number of ether oxygens (including phenoxy) is 1. The summed E-state index contributed by atoms with van der Waals surface area (Å²) in [6.07, 6.45) is -4.70. The van der Waals surface area contributed by atoms with Gasteiger partial charge in [0.05, 0.1) is 5.02 Å². The Morgan fingerprint density at radius 2 is 2.09 bits per heavy atom. The number of alkyl halides is 3. The summed E-state index contributed by atoms with van der Waals surface area (Å²) in [5.74, 6) is -2.95. The average Bonchev–Trinajstić information content (AvgIpc) is 2.95. The zero-order valence-corrected chi connectivity index (χ0v) is 12.2. The first-order valence-corrected chi connectivity index (χ1v) is 6.40. The van der Waals surface area contributed by atoms with Gasteiger partial charge in [-0.15, -0.1) is 10.2 Å². The number of hydrogen-bond acceptors (Lipinski definition) is 4. The van der Waals surface area contributed by atoms with Gasteiger partial charge in [0.25, 0.3) is 5.91 Å². The molecule has 1 aromatic heterocycles. The number of aromatic nitrogens is 3. The molecule has 124 valence electrons. The van der Waals surface area contributed by atoms with Crippen LogP contribution in [0.1, 0.15) is 5.82 Å². The molecule has 1 aromatic carbocycles. The van der Waals surface area contributed by atoms with Crippen molar-refractivity contribution in [1.29, 1.82) is 0 Å². The Balaban J connectivity index is 2.01. The van der Waals surface area contributed by atoms with Crippen molar-refractivity contribution in [3.63, 3.8) is 0 Å². The largest absolute Gasteiger partial charge is 0.482 e. The number of halogens is 5. The fourth-order valence-electron chi connectivity index (χ4n) is 1.48. The maximum atomic E-state index is 12.9. The second kappa shape index (κ2) is 6.41. The van der Waals surface area contributed by atoms with E-state index in [9.17, 15) is 22.4 Å². The number of benzene rings is 1. The third kappa shape index (κ3) is 4.09. The van der Waals surface area contributed by atoms with Gasteiger partial charge in [0.2, 0.25) is 11.8 Å². The monoisotopic (exact) mass is 352 g/mol. The van der Waals surface area contributed by atoms with Crippen LogP contribution in [-0.2, 0) is 11.0 Å². The molecule has 0 aliphatic heterocycles. The number of nitrogens with one attached hydrogen (secondary N) is 1. The summed E-state index contributed by atoms with van der Waals surface area (Å²) in [7, 11) is 1.19. The van der Waals surface area contributed by atoms with Crippen molar-refractivity contribution >= 4 is 23.5 Å². The van der Waals surface area contributed by atoms with Gasteiger partial charge < -0.3 is 9.72 Å². The highest BCUT2D eigenvalue weighted by atomic mass is 35.5. The van der Waals surface area contributed by atoms with Crippen LogP contribution in [0, 0.1) is 5.82 Å². The maximum Gasteiger partial charge on any atom is 0.451 e. The molecular weight excluding hydrogens is 344 g/mol. The lowest BCUT2D eigenvalue weighted by atomic mass is 10.3. The molecule has 11 heteroatoms. The number of anilines is 1. The van der Waals surface area contributed by atoms with Crippen molar-refractivity contribution in [3.8, 4) is 5.75 Å². The number of H-pyrrole nitrogens is 1. The number of aromatic amines is 1. The van der Waals surface area contributed by atoms with Gasteiger partial charge in [-0.2, -0.15) is 13.2 Å². The van der Waals surface area contributed by atoms with E-state index in [0.29, 0.717) is 0 Å². The van der Waals surface area contributed by atoms with Crippen molar-refractivity contribution in [2.45, 2.75) is 6.18 Å². The van der Waals surface area contributed by atoms with E-state index in [0.717, 1.165) is 17.0 Å². The second-order valence-corrected chi connectivity index (χ2v) is 4.72. The van der Waals surface area contributed by atoms with Crippen LogP contribution in [0.2, 0.25) is 5.02 Å². The van der Waals surface area contributed by atoms with Gasteiger partial charge in [0, 0.05) is 7.05 Å². The molecule has 1 amide bonds. The van der Waals surface area contributed by atoms with Crippen molar-refractivity contribution in [2.75, 3.05) is 18.6 Å². The first-order chi connectivity index (χ1) is 10.7. The molecule has 0 unspecified atom stereocenters. The Kier molecular flexibility index (Phi) is 4.73. The molecule has 0 bridgehead atoms. The van der Waals surface area contributed by atoms with E-state index >= 15 is 0 Å². The Hall–Kier alpha value is -2.36. The Labute approximate surface area is 132 Å². The zero-order chi connectivity index (χ0) is 17.2. The lowest BCUT2D eigenvalue weighted by Gasteiger charge is -2.14. The minimum atomic E-state index is -4.70. The first kappa shape index (κ1) is 17.0. The number of amides is 1. The maximum absolute atomic E-state index is 12.9. The lowest BCUT2D eigenvalue weighted by molar-refractivity contribution is -0.144. The molecule has 1 heterocycles. The molecule has 0 saturated carbocycles. The number of carbonyl (C=O) groups is 1. The number of hydrogen-bond donors (Lipinski definition) is 1. The van der Waals surface area contributed by atoms with Crippen LogP contribution in [0.25, 0.3) is 0 Å². The molecule has 1 N–H and O–H groups in total. The van der Waals surface area contributed by atoms with E-state index in [1.54, 1.807) is 0 Å². The molecule has 0 aliphatic carbocycles. The van der Waals surface area contributed by atoms with E-state index < -0.39 is 36.3 Å². The molecule has 0 fully saturated rings. The highest BCUT2D eigenvalue weighted by Crippen LogP contribution is 2.27. The van der Waals surface area contributed by atoms with E-state index in [1.165, 1.54) is 13.1 Å². The van der Waals surface area contributed by atoms with Gasteiger partial charge in [-0.25, -0.2) is 4.39 Å². The predicted molar refractivity (Wildman–Crippen MR) is 71.7 cm³/mol. The molecule has 0 aliphatic rings. The van der Waals surface area contributed by atoms with Gasteiger partial charge in [0.15, 0.2) is 6.61 Å². The molecule has 2 aromatic rings.